The second kappa shape index (κ2) is 6.03. The van der Waals surface area contributed by atoms with E-state index in [2.05, 4.69) is 0 Å². The van der Waals surface area contributed by atoms with Crippen LogP contribution >= 0.6 is 0 Å². The molecule has 126 valence electrons. The van der Waals surface area contributed by atoms with Crippen LogP contribution in [-0.2, 0) is 6.42 Å². The minimum atomic E-state index is -1.21. The normalized spacial score (nSPS) is 15.4. The largest absolute Gasteiger partial charge is 0.493 e. The van der Waals surface area contributed by atoms with Gasteiger partial charge in [0.2, 0.25) is 0 Å². The number of benzene rings is 1. The van der Waals surface area contributed by atoms with E-state index in [9.17, 15) is 14.7 Å². The molecule has 2 heterocycles. The molecule has 6 nitrogen and oxygen atoms in total. The number of hydrogen-bond acceptors (Lipinski definition) is 4. The van der Waals surface area contributed by atoms with Crippen LogP contribution in [0.25, 0.3) is 11.3 Å². The third-order valence-electron chi connectivity index (χ3n) is 4.27. The van der Waals surface area contributed by atoms with E-state index >= 15 is 0 Å². The number of hydrogen-bond donors (Lipinski definition) is 1. The predicted molar refractivity (Wildman–Crippen MR) is 89.2 cm³/mol. The molecule has 0 radical (unpaired) electrons. The van der Waals surface area contributed by atoms with Crippen molar-refractivity contribution < 1.29 is 19.4 Å². The summed E-state index contributed by atoms with van der Waals surface area (Å²) in [5, 5.41) is 9.18. The van der Waals surface area contributed by atoms with Gasteiger partial charge in [-0.1, -0.05) is 0 Å². The lowest BCUT2D eigenvalue weighted by atomic mass is 9.92. The summed E-state index contributed by atoms with van der Waals surface area (Å²) in [6.45, 7) is 4.43. The number of methoxy groups -OCH3 is 1. The lowest BCUT2D eigenvalue weighted by Crippen LogP contribution is -2.24. The number of ether oxygens (including phenoxy) is 2. The van der Waals surface area contributed by atoms with E-state index in [0.29, 0.717) is 30.2 Å². The van der Waals surface area contributed by atoms with Crippen LogP contribution in [0.3, 0.4) is 0 Å². The molecule has 0 saturated heterocycles. The van der Waals surface area contributed by atoms with Gasteiger partial charge in [0.25, 0.3) is 0 Å². The van der Waals surface area contributed by atoms with Gasteiger partial charge in [-0.25, -0.2) is 4.79 Å². The van der Waals surface area contributed by atoms with Crippen molar-refractivity contribution in [2.45, 2.75) is 26.3 Å². The van der Waals surface area contributed by atoms with Crippen molar-refractivity contribution in [3.05, 3.63) is 45.7 Å². The van der Waals surface area contributed by atoms with Gasteiger partial charge in [-0.05, 0) is 38.0 Å². The minimum Gasteiger partial charge on any atom is -0.493 e. The van der Waals surface area contributed by atoms with Crippen molar-refractivity contribution in [2.75, 3.05) is 13.7 Å². The molecule has 1 aliphatic rings. The van der Waals surface area contributed by atoms with Crippen molar-refractivity contribution in [3.63, 3.8) is 0 Å². The Balaban J connectivity index is 2.24. The fourth-order valence-electron chi connectivity index (χ4n) is 3.14. The highest BCUT2D eigenvalue weighted by Crippen LogP contribution is 2.40. The molecule has 0 bridgehead atoms. The second-order valence-corrected chi connectivity index (χ2v) is 5.80. The summed E-state index contributed by atoms with van der Waals surface area (Å²) in [5.74, 6) is 0.0490. The van der Waals surface area contributed by atoms with E-state index in [0.717, 1.165) is 11.1 Å². The molecular weight excluding hydrogens is 310 g/mol. The Hall–Kier alpha value is -2.76. The molecule has 0 spiro atoms. The maximum absolute atomic E-state index is 12.1. The zero-order valence-corrected chi connectivity index (χ0v) is 13.8. The van der Waals surface area contributed by atoms with Gasteiger partial charge in [0.1, 0.15) is 5.56 Å². The first-order valence-corrected chi connectivity index (χ1v) is 7.79. The average molecular weight is 329 g/mol. The number of carbonyl (C=O) groups is 1. The van der Waals surface area contributed by atoms with E-state index in [1.54, 1.807) is 7.11 Å². The summed E-state index contributed by atoms with van der Waals surface area (Å²) in [6, 6.07) is 5.21. The Morgan fingerprint density at radius 1 is 1.33 bits per heavy atom. The summed E-state index contributed by atoms with van der Waals surface area (Å²) < 4.78 is 12.9. The van der Waals surface area contributed by atoms with Gasteiger partial charge in [0.15, 0.2) is 16.9 Å². The van der Waals surface area contributed by atoms with Crippen LogP contribution < -0.4 is 14.9 Å². The van der Waals surface area contributed by atoms with Crippen molar-refractivity contribution >= 4 is 5.97 Å². The van der Waals surface area contributed by atoms with E-state index in [1.165, 1.54) is 12.3 Å². The van der Waals surface area contributed by atoms with E-state index in [1.807, 2.05) is 30.5 Å². The van der Waals surface area contributed by atoms with Gasteiger partial charge in [-0.2, -0.15) is 0 Å². The lowest BCUT2D eigenvalue weighted by Gasteiger charge is -2.29. The first kappa shape index (κ1) is 16.1. The Bertz CT molecular complexity index is 868. The highest BCUT2D eigenvalue weighted by atomic mass is 16.5. The van der Waals surface area contributed by atoms with E-state index in [-0.39, 0.29) is 11.6 Å². The topological polar surface area (TPSA) is 77.8 Å². The molecule has 24 heavy (non-hydrogen) atoms. The monoisotopic (exact) mass is 329 g/mol. The zero-order valence-electron chi connectivity index (χ0n) is 13.8. The summed E-state index contributed by atoms with van der Waals surface area (Å²) in [5.41, 5.74) is 1.89. The van der Waals surface area contributed by atoms with Gasteiger partial charge < -0.3 is 19.1 Å². The minimum absolute atomic E-state index is 0.0362. The average Bonchev–Trinajstić information content (AvgIpc) is 2.54. The van der Waals surface area contributed by atoms with Crippen LogP contribution in [0.15, 0.2) is 29.2 Å². The predicted octanol–water partition coefficient (Wildman–Crippen LogP) is 2.74. The zero-order chi connectivity index (χ0) is 17.4. The fraction of sp³-hybridized carbons (Fsp3) is 0.333. The number of carboxylic acid groups (broad SMARTS) is 1. The third-order valence-corrected chi connectivity index (χ3v) is 4.27. The summed E-state index contributed by atoms with van der Waals surface area (Å²) >= 11 is 0. The van der Waals surface area contributed by atoms with Crippen molar-refractivity contribution in [1.29, 1.82) is 0 Å². The number of pyridine rings is 1. The van der Waals surface area contributed by atoms with Crippen LogP contribution in [0, 0.1) is 0 Å². The summed E-state index contributed by atoms with van der Waals surface area (Å²) in [6.07, 6.45) is 2.14. The number of carboxylic acids is 1. The van der Waals surface area contributed by atoms with Crippen LogP contribution in [0.2, 0.25) is 0 Å². The first-order chi connectivity index (χ1) is 11.5. The van der Waals surface area contributed by atoms with E-state index < -0.39 is 11.4 Å². The molecule has 1 aromatic carbocycles. The number of aromatic carboxylic acids is 1. The van der Waals surface area contributed by atoms with Crippen LogP contribution in [0.4, 0.5) is 0 Å². The van der Waals surface area contributed by atoms with E-state index in [4.69, 9.17) is 9.47 Å². The molecule has 0 aliphatic carbocycles. The molecule has 1 N–H and O–H groups in total. The molecule has 2 aromatic rings. The Morgan fingerprint density at radius 3 is 2.71 bits per heavy atom. The van der Waals surface area contributed by atoms with Crippen molar-refractivity contribution in [3.8, 4) is 22.8 Å². The van der Waals surface area contributed by atoms with Gasteiger partial charge in [-0.15, -0.1) is 0 Å². The summed E-state index contributed by atoms with van der Waals surface area (Å²) in [4.78, 5) is 23.3. The molecule has 0 amide bonds. The molecule has 0 fully saturated rings. The highest BCUT2D eigenvalue weighted by Gasteiger charge is 2.25. The quantitative estimate of drug-likeness (QED) is 0.933. The molecule has 1 atom stereocenters. The maximum atomic E-state index is 12.1. The second-order valence-electron chi connectivity index (χ2n) is 5.80. The van der Waals surface area contributed by atoms with Gasteiger partial charge >= 0.3 is 5.97 Å². The van der Waals surface area contributed by atoms with Crippen LogP contribution in [0.1, 0.15) is 35.8 Å². The Labute approximate surface area is 139 Å². The third kappa shape index (κ3) is 2.54. The number of fused-ring (bicyclic) bond motifs is 3. The lowest BCUT2D eigenvalue weighted by molar-refractivity contribution is 0.0694. The molecule has 1 unspecified atom stereocenters. The van der Waals surface area contributed by atoms with Gasteiger partial charge in [-0.3, -0.25) is 4.79 Å². The molecule has 0 saturated carbocycles. The molecular formula is C18H19NO5. The Kier molecular flexibility index (Phi) is 4.05. The van der Waals surface area contributed by atoms with Gasteiger partial charge in [0, 0.05) is 23.9 Å². The van der Waals surface area contributed by atoms with Gasteiger partial charge in [0.05, 0.1) is 19.4 Å². The number of nitrogens with zero attached hydrogens (tertiary/aromatic N) is 1. The smallest absolute Gasteiger partial charge is 0.341 e. The van der Waals surface area contributed by atoms with Crippen molar-refractivity contribution in [1.82, 2.24) is 4.57 Å². The number of rotatable bonds is 4. The van der Waals surface area contributed by atoms with Crippen molar-refractivity contribution in [2.24, 2.45) is 0 Å². The first-order valence-electron chi connectivity index (χ1n) is 7.79. The standard InChI is InChI=1S/C18H19NO5/c1-4-24-17-6-11-5-10(2)19-9-13(18(21)22)15(20)8-14(19)12(11)7-16(17)23-3/h6-10H,4-5H2,1-3H3,(H,21,22). The highest BCUT2D eigenvalue weighted by molar-refractivity contribution is 5.87. The molecule has 1 aromatic heterocycles. The SMILES string of the molecule is CCOc1cc2c(cc1OC)-c1cc(=O)c(C(=O)O)cn1C(C)C2. The summed E-state index contributed by atoms with van der Waals surface area (Å²) in [7, 11) is 1.57. The Morgan fingerprint density at radius 2 is 2.08 bits per heavy atom. The fourth-order valence-corrected chi connectivity index (χ4v) is 3.14. The molecule has 3 rings (SSSR count). The number of aromatic nitrogens is 1. The van der Waals surface area contributed by atoms with Crippen LogP contribution in [0.5, 0.6) is 11.5 Å². The molecule has 6 heteroatoms. The maximum Gasteiger partial charge on any atom is 0.341 e. The molecule has 1 aliphatic heterocycles. The van der Waals surface area contributed by atoms with Crippen LogP contribution in [-0.4, -0.2) is 29.4 Å².